The van der Waals surface area contributed by atoms with Gasteiger partial charge in [-0.3, -0.25) is 0 Å². The number of fused-ring (bicyclic) bond motifs is 1. The number of rotatable bonds is 2. The fraction of sp³-hybridized carbons (Fsp3) is 0.600. The zero-order valence-electron chi connectivity index (χ0n) is 10.6. The number of para-hydroxylation sites is 1. The molecule has 1 saturated heterocycles. The van der Waals surface area contributed by atoms with Crippen molar-refractivity contribution in [1.82, 2.24) is 0 Å². The highest BCUT2D eigenvalue weighted by atomic mass is 16.5. The molecule has 18 heavy (non-hydrogen) atoms. The minimum atomic E-state index is -0.645. The van der Waals surface area contributed by atoms with Crippen molar-refractivity contribution in [3.05, 3.63) is 29.8 Å². The van der Waals surface area contributed by atoms with Crippen LogP contribution in [0.15, 0.2) is 24.3 Å². The summed E-state index contributed by atoms with van der Waals surface area (Å²) in [6.45, 7) is 2.01. The zero-order chi connectivity index (χ0) is 12.4. The Morgan fingerprint density at radius 2 is 2.17 bits per heavy atom. The molecule has 2 unspecified atom stereocenters. The normalized spacial score (nSPS) is 31.5. The predicted octanol–water partition coefficient (Wildman–Crippen LogP) is 2.48. The Labute approximate surface area is 108 Å². The third-order valence-electron chi connectivity index (χ3n) is 4.01. The lowest BCUT2D eigenvalue weighted by Gasteiger charge is -2.36. The molecule has 3 nitrogen and oxygen atoms in total. The lowest BCUT2D eigenvalue weighted by Crippen LogP contribution is -2.40. The summed E-state index contributed by atoms with van der Waals surface area (Å²) in [5.41, 5.74) is 0.593. The van der Waals surface area contributed by atoms with Crippen molar-refractivity contribution in [2.75, 3.05) is 19.8 Å². The highest BCUT2D eigenvalue weighted by molar-refractivity contribution is 5.37. The molecule has 2 heterocycles. The molecule has 0 aliphatic carbocycles. The van der Waals surface area contributed by atoms with Crippen LogP contribution in [0.4, 0.5) is 0 Å². The number of ether oxygens (including phenoxy) is 2. The highest BCUT2D eigenvalue weighted by Gasteiger charge is 2.35. The average molecular weight is 248 g/mol. The zero-order valence-corrected chi connectivity index (χ0v) is 10.6. The molecule has 2 atom stereocenters. The molecule has 0 spiro atoms. The maximum atomic E-state index is 10.6. The van der Waals surface area contributed by atoms with E-state index in [1.165, 1.54) is 5.56 Å². The first-order valence-electron chi connectivity index (χ1n) is 6.79. The Morgan fingerprint density at radius 3 is 3.00 bits per heavy atom. The monoisotopic (exact) mass is 248 g/mol. The predicted molar refractivity (Wildman–Crippen MR) is 68.9 cm³/mol. The second kappa shape index (κ2) is 4.90. The van der Waals surface area contributed by atoms with Gasteiger partial charge < -0.3 is 14.6 Å². The van der Waals surface area contributed by atoms with Gasteiger partial charge in [-0.05, 0) is 43.2 Å². The molecular weight excluding hydrogens is 228 g/mol. The Bertz CT molecular complexity index is 410. The SMILES string of the molecule is OC1(CC2CCOc3ccccc32)CCCOC1. The van der Waals surface area contributed by atoms with E-state index in [-0.39, 0.29) is 0 Å². The molecule has 0 radical (unpaired) electrons. The van der Waals surface area contributed by atoms with Crippen molar-refractivity contribution < 1.29 is 14.6 Å². The number of benzene rings is 1. The molecule has 2 aliphatic heterocycles. The van der Waals surface area contributed by atoms with Crippen LogP contribution in [-0.2, 0) is 4.74 Å². The first kappa shape index (κ1) is 12.0. The van der Waals surface area contributed by atoms with Crippen LogP contribution in [0, 0.1) is 0 Å². The van der Waals surface area contributed by atoms with E-state index < -0.39 is 5.60 Å². The Morgan fingerprint density at radius 1 is 1.28 bits per heavy atom. The van der Waals surface area contributed by atoms with Crippen LogP contribution >= 0.6 is 0 Å². The molecule has 1 aromatic carbocycles. The van der Waals surface area contributed by atoms with Crippen molar-refractivity contribution in [1.29, 1.82) is 0 Å². The van der Waals surface area contributed by atoms with Gasteiger partial charge in [0, 0.05) is 6.61 Å². The molecule has 2 aliphatic rings. The van der Waals surface area contributed by atoms with E-state index in [9.17, 15) is 5.11 Å². The topological polar surface area (TPSA) is 38.7 Å². The first-order chi connectivity index (χ1) is 8.77. The summed E-state index contributed by atoms with van der Waals surface area (Å²) in [6, 6.07) is 8.18. The van der Waals surface area contributed by atoms with Crippen LogP contribution < -0.4 is 4.74 Å². The molecule has 3 rings (SSSR count). The van der Waals surface area contributed by atoms with Gasteiger partial charge >= 0.3 is 0 Å². The van der Waals surface area contributed by atoms with E-state index in [1.807, 2.05) is 18.2 Å². The van der Waals surface area contributed by atoms with E-state index in [1.54, 1.807) is 0 Å². The van der Waals surface area contributed by atoms with E-state index in [4.69, 9.17) is 9.47 Å². The smallest absolute Gasteiger partial charge is 0.122 e. The van der Waals surface area contributed by atoms with Gasteiger partial charge in [-0.1, -0.05) is 18.2 Å². The minimum absolute atomic E-state index is 0.390. The van der Waals surface area contributed by atoms with Crippen LogP contribution in [0.2, 0.25) is 0 Å². The molecule has 1 fully saturated rings. The van der Waals surface area contributed by atoms with Crippen LogP contribution in [0.3, 0.4) is 0 Å². The van der Waals surface area contributed by atoms with E-state index >= 15 is 0 Å². The Hall–Kier alpha value is -1.06. The van der Waals surface area contributed by atoms with Gasteiger partial charge in [0.15, 0.2) is 0 Å². The molecule has 1 N–H and O–H groups in total. The van der Waals surface area contributed by atoms with Gasteiger partial charge in [-0.25, -0.2) is 0 Å². The Balaban J connectivity index is 1.77. The number of hydrogen-bond acceptors (Lipinski definition) is 3. The van der Waals surface area contributed by atoms with Crippen LogP contribution in [0.5, 0.6) is 5.75 Å². The molecule has 0 saturated carbocycles. The van der Waals surface area contributed by atoms with E-state index in [0.717, 1.165) is 44.6 Å². The van der Waals surface area contributed by atoms with Crippen molar-refractivity contribution >= 4 is 0 Å². The van der Waals surface area contributed by atoms with Crippen molar-refractivity contribution in [3.63, 3.8) is 0 Å². The summed E-state index contributed by atoms with van der Waals surface area (Å²) in [5.74, 6) is 1.37. The van der Waals surface area contributed by atoms with Crippen molar-refractivity contribution in [2.24, 2.45) is 0 Å². The van der Waals surface area contributed by atoms with Crippen LogP contribution in [0.25, 0.3) is 0 Å². The van der Waals surface area contributed by atoms with Crippen LogP contribution in [-0.4, -0.2) is 30.5 Å². The van der Waals surface area contributed by atoms with Gasteiger partial charge in [-0.15, -0.1) is 0 Å². The Kier molecular flexibility index (Phi) is 3.27. The maximum absolute atomic E-state index is 10.6. The van der Waals surface area contributed by atoms with Gasteiger partial charge in [0.2, 0.25) is 0 Å². The third-order valence-corrected chi connectivity index (χ3v) is 4.01. The van der Waals surface area contributed by atoms with Gasteiger partial charge in [0.05, 0.1) is 18.8 Å². The summed E-state index contributed by atoms with van der Waals surface area (Å²) >= 11 is 0. The molecule has 1 aromatic rings. The number of aliphatic hydroxyl groups is 1. The van der Waals surface area contributed by atoms with Crippen molar-refractivity contribution in [3.8, 4) is 5.75 Å². The molecular formula is C15H20O3. The van der Waals surface area contributed by atoms with E-state index in [0.29, 0.717) is 12.5 Å². The summed E-state index contributed by atoms with van der Waals surface area (Å²) in [4.78, 5) is 0. The standard InChI is InChI=1S/C15H20O3/c16-15(7-3-8-17-11-15)10-12-6-9-18-14-5-2-1-4-13(12)14/h1-2,4-5,12,16H,3,6-11H2. The third kappa shape index (κ3) is 2.38. The van der Waals surface area contributed by atoms with Crippen LogP contribution in [0.1, 0.15) is 37.2 Å². The molecule has 0 aromatic heterocycles. The maximum Gasteiger partial charge on any atom is 0.122 e. The van der Waals surface area contributed by atoms with Gasteiger partial charge in [-0.2, -0.15) is 0 Å². The fourth-order valence-electron chi connectivity index (χ4n) is 3.09. The second-order valence-electron chi connectivity index (χ2n) is 5.46. The minimum Gasteiger partial charge on any atom is -0.493 e. The molecule has 3 heteroatoms. The largest absolute Gasteiger partial charge is 0.493 e. The lowest BCUT2D eigenvalue weighted by atomic mass is 9.80. The van der Waals surface area contributed by atoms with E-state index in [2.05, 4.69) is 6.07 Å². The van der Waals surface area contributed by atoms with Crippen molar-refractivity contribution in [2.45, 2.75) is 37.2 Å². The molecule has 0 amide bonds. The lowest BCUT2D eigenvalue weighted by molar-refractivity contribution is -0.0942. The first-order valence-corrected chi connectivity index (χ1v) is 6.79. The molecule has 98 valence electrons. The quantitative estimate of drug-likeness (QED) is 0.874. The van der Waals surface area contributed by atoms with Gasteiger partial charge in [0.1, 0.15) is 5.75 Å². The summed E-state index contributed by atoms with van der Waals surface area (Å²) in [6.07, 6.45) is 3.58. The second-order valence-corrected chi connectivity index (χ2v) is 5.46. The highest BCUT2D eigenvalue weighted by Crippen LogP contribution is 2.40. The summed E-state index contributed by atoms with van der Waals surface area (Å²) < 4.78 is 11.1. The molecule has 0 bridgehead atoms. The average Bonchev–Trinajstić information content (AvgIpc) is 2.40. The summed E-state index contributed by atoms with van der Waals surface area (Å²) in [7, 11) is 0. The van der Waals surface area contributed by atoms with Gasteiger partial charge in [0.25, 0.3) is 0 Å². The fourth-order valence-corrected chi connectivity index (χ4v) is 3.09. The number of hydrogen-bond donors (Lipinski definition) is 1. The summed E-state index contributed by atoms with van der Waals surface area (Å²) in [5, 5.41) is 10.6.